The van der Waals surface area contributed by atoms with Crippen molar-refractivity contribution in [1.82, 2.24) is 4.98 Å². The molecule has 0 aliphatic carbocycles. The Morgan fingerprint density at radius 3 is 2.83 bits per heavy atom. The lowest BCUT2D eigenvalue weighted by Crippen LogP contribution is -2.26. The molecular weight excluding hydrogens is 248 g/mol. The number of pyridine rings is 1. The topological polar surface area (TPSA) is 50.3 Å². The number of carbonyl (C=O) groups excluding carboxylic acids is 2. The van der Waals surface area contributed by atoms with Crippen molar-refractivity contribution < 1.29 is 9.59 Å². The molecule has 4 nitrogen and oxygen atoms in total. The summed E-state index contributed by atoms with van der Waals surface area (Å²) in [6.45, 7) is 6.03. The second kappa shape index (κ2) is 5.10. The minimum Gasteiger partial charge on any atom is -0.295 e. The van der Waals surface area contributed by atoms with Crippen LogP contribution in [0.25, 0.3) is 0 Å². The van der Waals surface area contributed by atoms with E-state index in [4.69, 9.17) is 0 Å². The van der Waals surface area contributed by atoms with Crippen LogP contribution >= 0.6 is 11.8 Å². The Balaban J connectivity index is 2.19. The Kier molecular flexibility index (Phi) is 3.71. The zero-order chi connectivity index (χ0) is 13.3. The number of aryl methyl sites for hydroxylation is 2. The lowest BCUT2D eigenvalue weighted by Gasteiger charge is -2.17. The van der Waals surface area contributed by atoms with Crippen molar-refractivity contribution in [1.29, 1.82) is 0 Å². The summed E-state index contributed by atoms with van der Waals surface area (Å²) >= 11 is 1.24. The van der Waals surface area contributed by atoms with E-state index in [9.17, 15) is 9.59 Å². The number of thioether (sulfide) groups is 1. The predicted octanol–water partition coefficient (Wildman–Crippen LogP) is 2.08. The molecule has 2 heterocycles. The largest absolute Gasteiger partial charge is 0.295 e. The molecule has 0 spiro atoms. The first-order valence-electron chi connectivity index (χ1n) is 5.88. The number of hydrogen-bond acceptors (Lipinski definition) is 4. The second-order valence-electron chi connectivity index (χ2n) is 4.59. The van der Waals surface area contributed by atoms with Crippen molar-refractivity contribution in [3.63, 3.8) is 0 Å². The number of aromatic nitrogens is 1. The summed E-state index contributed by atoms with van der Waals surface area (Å²) in [7, 11) is 0. The van der Waals surface area contributed by atoms with Crippen LogP contribution in [0.3, 0.4) is 0 Å². The number of carbonyl (C=O) groups is 2. The van der Waals surface area contributed by atoms with Crippen LogP contribution in [0.2, 0.25) is 0 Å². The molecule has 1 aliphatic rings. The van der Waals surface area contributed by atoms with E-state index < -0.39 is 0 Å². The van der Waals surface area contributed by atoms with Gasteiger partial charge in [-0.2, -0.15) is 0 Å². The molecule has 2 rings (SSSR count). The summed E-state index contributed by atoms with van der Waals surface area (Å²) in [4.78, 5) is 29.1. The highest BCUT2D eigenvalue weighted by atomic mass is 32.2. The average molecular weight is 264 g/mol. The summed E-state index contributed by atoms with van der Waals surface area (Å²) in [6.07, 6.45) is 2.18. The average Bonchev–Trinajstić information content (AvgIpc) is 2.58. The third kappa shape index (κ3) is 2.72. The maximum Gasteiger partial charge on any atom is 0.229 e. The summed E-state index contributed by atoms with van der Waals surface area (Å²) in [6, 6.07) is 2.01. The van der Waals surface area contributed by atoms with Crippen molar-refractivity contribution in [2.75, 3.05) is 11.4 Å². The summed E-state index contributed by atoms with van der Waals surface area (Å²) in [5.74, 6) is 0.769. The van der Waals surface area contributed by atoms with Crippen molar-refractivity contribution in [3.8, 4) is 0 Å². The van der Waals surface area contributed by atoms with Gasteiger partial charge in [0.15, 0.2) is 5.12 Å². The molecule has 0 N–H and O–H groups in total. The fourth-order valence-corrected chi connectivity index (χ4v) is 3.10. The van der Waals surface area contributed by atoms with Gasteiger partial charge >= 0.3 is 0 Å². The Morgan fingerprint density at radius 1 is 1.50 bits per heavy atom. The zero-order valence-corrected chi connectivity index (χ0v) is 11.6. The molecule has 0 radical (unpaired) electrons. The molecule has 1 unspecified atom stereocenters. The van der Waals surface area contributed by atoms with Crippen LogP contribution < -0.4 is 4.90 Å². The van der Waals surface area contributed by atoms with Crippen LogP contribution in [-0.2, 0) is 9.59 Å². The zero-order valence-electron chi connectivity index (χ0n) is 10.8. The first-order chi connectivity index (χ1) is 8.47. The van der Waals surface area contributed by atoms with Gasteiger partial charge in [-0.1, -0.05) is 17.8 Å². The fourth-order valence-electron chi connectivity index (χ4n) is 2.18. The molecule has 1 saturated heterocycles. The first kappa shape index (κ1) is 13.1. The van der Waals surface area contributed by atoms with Crippen molar-refractivity contribution in [2.45, 2.75) is 32.4 Å². The van der Waals surface area contributed by atoms with Crippen LogP contribution in [-0.4, -0.2) is 27.8 Å². The van der Waals surface area contributed by atoms with Crippen molar-refractivity contribution in [2.24, 2.45) is 0 Å². The lowest BCUT2D eigenvalue weighted by atomic mass is 10.2. The number of hydrogen-bond donors (Lipinski definition) is 0. The Hall–Kier alpha value is -1.36. The molecule has 1 aromatic rings. The van der Waals surface area contributed by atoms with Gasteiger partial charge in [0.25, 0.3) is 0 Å². The highest BCUT2D eigenvalue weighted by Gasteiger charge is 2.33. The van der Waals surface area contributed by atoms with E-state index >= 15 is 0 Å². The standard InChI is InChI=1S/C13H16N2O2S/c1-8-4-9(2)13(14-6-8)15-7-11(5-12(15)17)18-10(3)16/h4,6,11H,5,7H2,1-3H3. The Labute approximate surface area is 111 Å². The number of rotatable bonds is 2. The fraction of sp³-hybridized carbons (Fsp3) is 0.462. The molecular formula is C13H16N2O2S. The molecule has 0 saturated carbocycles. The SMILES string of the molecule is CC(=O)SC1CC(=O)N(c2ncc(C)cc2C)C1. The van der Waals surface area contributed by atoms with Gasteiger partial charge in [0, 0.05) is 31.3 Å². The van der Waals surface area contributed by atoms with Crippen LogP contribution in [0.15, 0.2) is 12.3 Å². The van der Waals surface area contributed by atoms with Gasteiger partial charge < -0.3 is 0 Å². The van der Waals surface area contributed by atoms with E-state index in [2.05, 4.69) is 4.98 Å². The highest BCUT2D eigenvalue weighted by molar-refractivity contribution is 8.14. The van der Waals surface area contributed by atoms with Crippen LogP contribution in [0.1, 0.15) is 24.5 Å². The van der Waals surface area contributed by atoms with Crippen molar-refractivity contribution >= 4 is 28.6 Å². The highest BCUT2D eigenvalue weighted by Crippen LogP contribution is 2.29. The summed E-state index contributed by atoms with van der Waals surface area (Å²) in [5, 5.41) is 0.112. The maximum atomic E-state index is 12.0. The molecule has 96 valence electrons. The van der Waals surface area contributed by atoms with E-state index in [1.807, 2.05) is 19.9 Å². The molecule has 1 atom stereocenters. The van der Waals surface area contributed by atoms with Crippen molar-refractivity contribution in [3.05, 3.63) is 23.4 Å². The van der Waals surface area contributed by atoms with Crippen LogP contribution in [0, 0.1) is 13.8 Å². The summed E-state index contributed by atoms with van der Waals surface area (Å²) in [5.41, 5.74) is 2.08. The molecule has 5 heteroatoms. The number of amides is 1. The van der Waals surface area contributed by atoms with E-state index in [0.717, 1.165) is 16.9 Å². The predicted molar refractivity (Wildman–Crippen MR) is 72.7 cm³/mol. The Bertz CT molecular complexity index is 502. The third-order valence-electron chi connectivity index (χ3n) is 2.87. The number of nitrogens with zero attached hydrogens (tertiary/aromatic N) is 2. The normalized spacial score (nSPS) is 19.4. The lowest BCUT2D eigenvalue weighted by molar-refractivity contribution is -0.117. The van der Waals surface area contributed by atoms with Crippen LogP contribution in [0.5, 0.6) is 0 Å². The molecule has 0 bridgehead atoms. The van der Waals surface area contributed by atoms with Gasteiger partial charge in [0.2, 0.25) is 5.91 Å². The van der Waals surface area contributed by atoms with E-state index in [0.29, 0.717) is 13.0 Å². The molecule has 18 heavy (non-hydrogen) atoms. The molecule has 1 aliphatic heterocycles. The smallest absolute Gasteiger partial charge is 0.229 e. The first-order valence-corrected chi connectivity index (χ1v) is 6.76. The minimum atomic E-state index is 0.0493. The maximum absolute atomic E-state index is 12.0. The Morgan fingerprint density at radius 2 is 2.22 bits per heavy atom. The monoisotopic (exact) mass is 264 g/mol. The van der Waals surface area contributed by atoms with Crippen LogP contribution in [0.4, 0.5) is 5.82 Å². The van der Waals surface area contributed by atoms with Gasteiger partial charge in [0.05, 0.1) is 0 Å². The van der Waals surface area contributed by atoms with Gasteiger partial charge in [0.1, 0.15) is 5.82 Å². The molecule has 1 aromatic heterocycles. The van der Waals surface area contributed by atoms with E-state index in [-0.39, 0.29) is 16.3 Å². The van der Waals surface area contributed by atoms with Gasteiger partial charge in [-0.3, -0.25) is 14.5 Å². The minimum absolute atomic E-state index is 0.0493. The molecule has 0 aromatic carbocycles. The van der Waals surface area contributed by atoms with E-state index in [1.165, 1.54) is 18.7 Å². The molecule has 1 amide bonds. The quantitative estimate of drug-likeness (QED) is 0.820. The second-order valence-corrected chi connectivity index (χ2v) is 6.07. The van der Waals surface area contributed by atoms with Gasteiger partial charge in [-0.15, -0.1) is 0 Å². The van der Waals surface area contributed by atoms with Gasteiger partial charge in [-0.25, -0.2) is 4.98 Å². The van der Waals surface area contributed by atoms with E-state index in [1.54, 1.807) is 11.1 Å². The summed E-state index contributed by atoms with van der Waals surface area (Å²) < 4.78 is 0. The third-order valence-corrected chi connectivity index (χ3v) is 3.85. The van der Waals surface area contributed by atoms with Gasteiger partial charge in [-0.05, 0) is 25.0 Å². The molecule has 1 fully saturated rings. The number of anilines is 1.